The molecular weight excluding hydrogens is 604 g/mol. The fourth-order valence-corrected chi connectivity index (χ4v) is 5.63. The van der Waals surface area contributed by atoms with Crippen molar-refractivity contribution in [3.63, 3.8) is 0 Å². The number of benzene rings is 3. The summed E-state index contributed by atoms with van der Waals surface area (Å²) in [6.07, 6.45) is 1.98. The van der Waals surface area contributed by atoms with E-state index in [0.717, 1.165) is 44.4 Å². The Morgan fingerprint density at radius 1 is 0.646 bits per heavy atom. The lowest BCUT2D eigenvalue weighted by molar-refractivity contribution is 0.0458. The molecule has 0 aliphatic rings. The van der Waals surface area contributed by atoms with Gasteiger partial charge >= 0.3 is 12.2 Å². The highest BCUT2D eigenvalue weighted by molar-refractivity contribution is 5.90. The monoisotopic (exact) mass is 650 g/mol. The maximum atomic E-state index is 12.6. The molecule has 2 aromatic heterocycles. The van der Waals surface area contributed by atoms with Gasteiger partial charge in [0, 0.05) is 5.56 Å². The van der Waals surface area contributed by atoms with Crippen molar-refractivity contribution in [1.29, 1.82) is 0 Å². The Labute approximate surface area is 281 Å². The highest BCUT2D eigenvalue weighted by atomic mass is 16.6. The summed E-state index contributed by atoms with van der Waals surface area (Å²) >= 11 is 0. The number of aromatic nitrogens is 4. The van der Waals surface area contributed by atoms with E-state index in [-0.39, 0.29) is 16.9 Å². The first-order chi connectivity index (χ1) is 22.4. The van der Waals surface area contributed by atoms with Gasteiger partial charge in [0.25, 0.3) is 0 Å². The molecule has 5 N–H and O–H groups in total. The number of hydrogen-bond donors (Lipinski definition) is 5. The Kier molecular flexibility index (Phi) is 9.14. The molecule has 10 nitrogen and oxygen atoms in total. The van der Waals surface area contributed by atoms with Crippen molar-refractivity contribution in [2.24, 2.45) is 10.8 Å². The van der Waals surface area contributed by atoms with Crippen molar-refractivity contribution >= 4 is 23.0 Å². The molecule has 48 heavy (non-hydrogen) atoms. The van der Waals surface area contributed by atoms with E-state index in [2.05, 4.69) is 99.9 Å². The second-order valence-corrected chi connectivity index (χ2v) is 15.4. The fourth-order valence-electron chi connectivity index (χ4n) is 5.63. The summed E-state index contributed by atoms with van der Waals surface area (Å²) < 4.78 is 5.51. The Morgan fingerprint density at radius 3 is 1.58 bits per heavy atom. The van der Waals surface area contributed by atoms with Gasteiger partial charge in [-0.2, -0.15) is 0 Å². The molecule has 10 heteroatoms. The molecule has 0 spiro atoms. The molecule has 0 saturated heterocycles. The highest BCUT2D eigenvalue weighted by Gasteiger charge is 2.32. The molecule has 252 valence electrons. The van der Waals surface area contributed by atoms with E-state index in [1.165, 1.54) is 0 Å². The summed E-state index contributed by atoms with van der Waals surface area (Å²) in [7, 11) is 0. The maximum absolute atomic E-state index is 12.6. The lowest BCUT2D eigenvalue weighted by Gasteiger charge is -2.31. The van der Waals surface area contributed by atoms with Gasteiger partial charge in [-0.25, -0.2) is 19.6 Å². The lowest BCUT2D eigenvalue weighted by atomic mass is 9.86. The van der Waals surface area contributed by atoms with Crippen molar-refractivity contribution < 1.29 is 19.4 Å². The van der Waals surface area contributed by atoms with Gasteiger partial charge in [0.1, 0.15) is 17.2 Å². The Balaban J connectivity index is 1.33. The van der Waals surface area contributed by atoms with Crippen LogP contribution in [0.4, 0.5) is 9.59 Å². The van der Waals surface area contributed by atoms with Crippen LogP contribution < -0.4 is 10.6 Å². The normalized spacial score (nSPS) is 13.6. The van der Waals surface area contributed by atoms with Crippen LogP contribution in [0, 0.1) is 10.8 Å². The van der Waals surface area contributed by atoms with Gasteiger partial charge in [-0.05, 0) is 71.2 Å². The highest BCUT2D eigenvalue weighted by Crippen LogP contribution is 2.35. The van der Waals surface area contributed by atoms with Crippen LogP contribution in [-0.4, -0.2) is 42.8 Å². The number of H-pyrrole nitrogens is 2. The number of alkyl carbamates (subject to hydrolysis) is 1. The summed E-state index contributed by atoms with van der Waals surface area (Å²) in [5, 5.41) is 17.1. The number of amides is 2. The summed E-state index contributed by atoms with van der Waals surface area (Å²) in [5.41, 5.74) is 4.55. The Hall–Kier alpha value is -5.12. The van der Waals surface area contributed by atoms with Crippen LogP contribution in [0.5, 0.6) is 0 Å². The van der Waals surface area contributed by atoms with Gasteiger partial charge in [-0.1, -0.05) is 90.1 Å². The number of nitrogens with zero attached hydrogens (tertiary/aromatic N) is 2. The number of aromatic amines is 2. The topological polar surface area (TPSA) is 145 Å². The molecule has 2 amide bonds. The first kappa shape index (κ1) is 34.2. The zero-order valence-corrected chi connectivity index (χ0v) is 29.1. The van der Waals surface area contributed by atoms with Gasteiger partial charge in [0.15, 0.2) is 0 Å². The predicted molar refractivity (Wildman–Crippen MR) is 189 cm³/mol. The molecule has 0 fully saturated rings. The molecular formula is C38H46N6O4. The van der Waals surface area contributed by atoms with Crippen LogP contribution in [-0.2, 0) is 4.74 Å². The number of imidazole rings is 2. The summed E-state index contributed by atoms with van der Waals surface area (Å²) in [5.74, 6) is 1.25. The SMILES string of the molecule is CC(C)(C)OC(=O)NC(c1ncc(-c2ccc3cc(-c4ccc(-c5cnc(C(NC(=O)O)C(C)(C)C)[nH]5)cc4)ccc3c2)[nH]1)C(C)(C)C. The van der Waals surface area contributed by atoms with Crippen LogP contribution in [0.1, 0.15) is 86.0 Å². The van der Waals surface area contributed by atoms with Crippen molar-refractivity contribution in [3.05, 3.63) is 84.7 Å². The molecule has 2 atom stereocenters. The van der Waals surface area contributed by atoms with E-state index in [1.807, 2.05) is 53.7 Å². The average molecular weight is 651 g/mol. The van der Waals surface area contributed by atoms with Crippen LogP contribution in [0.3, 0.4) is 0 Å². The minimum Gasteiger partial charge on any atom is -0.465 e. The third-order valence-electron chi connectivity index (χ3n) is 8.08. The maximum Gasteiger partial charge on any atom is 0.408 e. The zero-order valence-electron chi connectivity index (χ0n) is 29.1. The number of carbonyl (C=O) groups excluding carboxylic acids is 1. The summed E-state index contributed by atoms with van der Waals surface area (Å²) in [6, 6.07) is 20.1. The van der Waals surface area contributed by atoms with Crippen LogP contribution >= 0.6 is 0 Å². The van der Waals surface area contributed by atoms with E-state index < -0.39 is 23.8 Å². The number of carboxylic acid groups (broad SMARTS) is 1. The van der Waals surface area contributed by atoms with Gasteiger partial charge in [-0.3, -0.25) is 0 Å². The van der Waals surface area contributed by atoms with Crippen molar-refractivity contribution in [3.8, 4) is 33.6 Å². The fraction of sp³-hybridized carbons (Fsp3) is 0.368. The third-order valence-corrected chi connectivity index (χ3v) is 8.08. The quantitative estimate of drug-likeness (QED) is 0.119. The number of carbonyl (C=O) groups is 2. The molecule has 2 heterocycles. The number of rotatable bonds is 7. The first-order valence-corrected chi connectivity index (χ1v) is 16.1. The molecule has 0 bridgehead atoms. The molecule has 0 aliphatic carbocycles. The van der Waals surface area contributed by atoms with Crippen LogP contribution in [0.25, 0.3) is 44.4 Å². The molecule has 5 rings (SSSR count). The smallest absolute Gasteiger partial charge is 0.408 e. The summed E-state index contributed by atoms with van der Waals surface area (Å²) in [4.78, 5) is 39.9. The Bertz CT molecular complexity index is 1920. The van der Waals surface area contributed by atoms with Gasteiger partial charge in [0.2, 0.25) is 0 Å². The van der Waals surface area contributed by atoms with Crippen molar-refractivity contribution in [1.82, 2.24) is 30.6 Å². The number of nitrogens with one attached hydrogen (secondary N) is 4. The second kappa shape index (κ2) is 12.8. The van der Waals surface area contributed by atoms with Crippen LogP contribution in [0.2, 0.25) is 0 Å². The number of hydrogen-bond acceptors (Lipinski definition) is 5. The van der Waals surface area contributed by atoms with E-state index in [0.29, 0.717) is 11.6 Å². The lowest BCUT2D eigenvalue weighted by Crippen LogP contribution is -2.40. The summed E-state index contributed by atoms with van der Waals surface area (Å²) in [6.45, 7) is 17.6. The van der Waals surface area contributed by atoms with Gasteiger partial charge < -0.3 is 30.4 Å². The Morgan fingerprint density at radius 2 is 1.08 bits per heavy atom. The second-order valence-electron chi connectivity index (χ2n) is 15.4. The third kappa shape index (κ3) is 8.05. The molecule has 2 unspecified atom stereocenters. The number of ether oxygens (including phenoxy) is 1. The van der Waals surface area contributed by atoms with Crippen LogP contribution in [0.15, 0.2) is 73.1 Å². The van der Waals surface area contributed by atoms with Crippen molar-refractivity contribution in [2.75, 3.05) is 0 Å². The van der Waals surface area contributed by atoms with E-state index >= 15 is 0 Å². The van der Waals surface area contributed by atoms with E-state index in [4.69, 9.17) is 4.74 Å². The molecule has 3 aromatic carbocycles. The molecule has 5 aromatic rings. The first-order valence-electron chi connectivity index (χ1n) is 16.1. The van der Waals surface area contributed by atoms with Gasteiger partial charge in [-0.15, -0.1) is 0 Å². The van der Waals surface area contributed by atoms with Crippen molar-refractivity contribution in [2.45, 2.75) is 80.0 Å². The molecule has 0 radical (unpaired) electrons. The largest absolute Gasteiger partial charge is 0.465 e. The minimum atomic E-state index is -1.08. The molecule has 0 saturated carbocycles. The van der Waals surface area contributed by atoms with Gasteiger partial charge in [0.05, 0.1) is 35.9 Å². The number of fused-ring (bicyclic) bond motifs is 1. The van der Waals surface area contributed by atoms with E-state index in [1.54, 1.807) is 12.4 Å². The predicted octanol–water partition coefficient (Wildman–Crippen LogP) is 9.25. The van der Waals surface area contributed by atoms with E-state index in [9.17, 15) is 14.7 Å². The zero-order chi connectivity index (χ0) is 35.0. The average Bonchev–Trinajstić information content (AvgIpc) is 3.67. The molecule has 0 aliphatic heterocycles. The standard InChI is InChI=1S/C38H46N6O4/c1-36(2,3)30(43-34(45)46)32-39-20-28(41-32)23-12-10-22(11-13-23)24-14-15-26-19-27(17-16-25(26)18-24)29-21-40-33(42-29)31(37(4,5)6)44-35(47)48-38(7,8)9/h10-21,30-31,43H,1-9H3,(H,39,41)(H,40,42)(H,44,47)(H,45,46). The minimum absolute atomic E-state index is 0.306.